The van der Waals surface area contributed by atoms with E-state index in [0.717, 1.165) is 0 Å². The van der Waals surface area contributed by atoms with Crippen molar-refractivity contribution in [2.45, 2.75) is 27.7 Å². The van der Waals surface area contributed by atoms with E-state index in [-0.39, 0.29) is 67.4 Å². The Balaban J connectivity index is 0.00000180. The average molecular weight is 1040 g/mol. The van der Waals surface area contributed by atoms with Crippen LogP contribution in [0.25, 0.3) is 32.7 Å². The average Bonchev–Trinajstić information content (AvgIpc) is 3.15. The third kappa shape index (κ3) is 8.56. The van der Waals surface area contributed by atoms with Gasteiger partial charge in [0, 0.05) is 19.5 Å². The van der Waals surface area contributed by atoms with Crippen LogP contribution in [0.3, 0.4) is 0 Å². The fourth-order valence-corrected chi connectivity index (χ4v) is 11.9. The van der Waals surface area contributed by atoms with Gasteiger partial charge in [-0.2, -0.15) is 0 Å². The molecule has 8 rings (SSSR count). The monoisotopic (exact) mass is 1040 g/mol. The van der Waals surface area contributed by atoms with Crippen LogP contribution >= 0.6 is 63.8 Å². The topological polar surface area (TPSA) is 0 Å². The van der Waals surface area contributed by atoms with Crippen LogP contribution in [0.2, 0.25) is 0 Å². The van der Waals surface area contributed by atoms with Crippen LogP contribution in [0, 0.1) is 27.7 Å². The van der Waals surface area contributed by atoms with Crippen molar-refractivity contribution >= 4 is 117 Å². The Morgan fingerprint density at radius 3 is 0.849 bits per heavy atom. The quantitative estimate of drug-likeness (QED) is 0.0848. The maximum atomic E-state index is 2.44. The van der Waals surface area contributed by atoms with Gasteiger partial charge in [0.1, 0.15) is 0 Å². The number of hydrogen-bond acceptors (Lipinski definition) is 0. The molecule has 5 heteroatoms. The summed E-state index contributed by atoms with van der Waals surface area (Å²) < 4.78 is 0. The van der Waals surface area contributed by atoms with Crippen LogP contribution < -0.4 is 31.8 Å². The summed E-state index contributed by atoms with van der Waals surface area (Å²) in [6.07, 6.45) is 0. The summed E-state index contributed by atoms with van der Waals surface area (Å²) in [5.74, 6) is 0. The van der Waals surface area contributed by atoms with Gasteiger partial charge < -0.3 is 0 Å². The number of benzene rings is 8. The van der Waals surface area contributed by atoms with E-state index < -0.39 is 15.8 Å². The molecule has 0 aliphatic carbocycles. The second kappa shape index (κ2) is 18.2. The number of rotatable bonds is 7. The van der Waals surface area contributed by atoms with Crippen LogP contribution in [-0.2, 0) is 19.5 Å². The molecule has 8 aromatic carbocycles. The standard InChI is InChI=1S/C48H40P2.2HI.Ru/c1-33-13-23-39(24-14-33)49(40-25-15-34(2)16-26-40)45-31-21-37-9-5-7-11-43(37)47(45)48-44-12-8-6-10-38(44)22-32-46(48)50(41-27-17-35(3)18-28-41)42-29-19-36(4)20-30-42;;;/h5-32H,1-4H3;2*1H;. The largest absolute Gasteiger partial charge is 0.107 e. The van der Waals surface area contributed by atoms with E-state index in [2.05, 4.69) is 198 Å². The number of halogens is 2. The Bertz CT molecular complexity index is 2190. The van der Waals surface area contributed by atoms with Crippen molar-refractivity contribution in [3.63, 3.8) is 0 Å². The molecule has 0 amide bonds. The SMILES string of the molecule is Cc1ccc(P(c2ccc(C)cc2)c2ccc3ccccc3c2-c2c(P(c3ccc(C)cc3)c3ccc(C)cc3)ccc3ccccc23)cc1.I.I.[Ru]. The van der Waals surface area contributed by atoms with E-state index in [1.165, 1.54) is 86.8 Å². The van der Waals surface area contributed by atoms with Gasteiger partial charge in [0.25, 0.3) is 0 Å². The minimum absolute atomic E-state index is 0. The van der Waals surface area contributed by atoms with Crippen LogP contribution in [-0.4, -0.2) is 0 Å². The van der Waals surface area contributed by atoms with Crippen LogP contribution in [0.5, 0.6) is 0 Å². The van der Waals surface area contributed by atoms with Crippen molar-refractivity contribution in [2.75, 3.05) is 0 Å². The van der Waals surface area contributed by atoms with Gasteiger partial charge in [0.15, 0.2) is 0 Å². The van der Waals surface area contributed by atoms with Gasteiger partial charge in [-0.3, -0.25) is 0 Å². The zero-order valence-electron chi connectivity index (χ0n) is 30.2. The van der Waals surface area contributed by atoms with Crippen molar-refractivity contribution in [2.24, 2.45) is 0 Å². The summed E-state index contributed by atoms with van der Waals surface area (Å²) in [7, 11) is -1.77. The van der Waals surface area contributed by atoms with Crippen molar-refractivity contribution < 1.29 is 19.5 Å². The van der Waals surface area contributed by atoms with Gasteiger partial charge in [-0.15, -0.1) is 48.0 Å². The molecule has 53 heavy (non-hydrogen) atoms. The van der Waals surface area contributed by atoms with Gasteiger partial charge in [0.2, 0.25) is 0 Å². The molecule has 0 heterocycles. The van der Waals surface area contributed by atoms with Crippen LogP contribution in [0.4, 0.5) is 0 Å². The molecule has 0 unspecified atom stereocenters. The van der Waals surface area contributed by atoms with E-state index in [1.54, 1.807) is 0 Å². The number of aryl methyl sites for hydroxylation is 4. The molecule has 8 aromatic rings. The summed E-state index contributed by atoms with van der Waals surface area (Å²) in [4.78, 5) is 0. The summed E-state index contributed by atoms with van der Waals surface area (Å²) in [5.41, 5.74) is 7.84. The van der Waals surface area contributed by atoms with Gasteiger partial charge >= 0.3 is 0 Å². The maximum absolute atomic E-state index is 2.44. The van der Waals surface area contributed by atoms with E-state index in [1.807, 2.05) is 0 Å². The van der Waals surface area contributed by atoms with Crippen molar-refractivity contribution in [1.82, 2.24) is 0 Å². The summed E-state index contributed by atoms with van der Waals surface area (Å²) >= 11 is 0. The van der Waals surface area contributed by atoms with E-state index >= 15 is 0 Å². The fourth-order valence-electron chi connectivity index (χ4n) is 7.05. The Morgan fingerprint density at radius 1 is 0.302 bits per heavy atom. The van der Waals surface area contributed by atoms with Crippen molar-refractivity contribution in [1.29, 1.82) is 0 Å². The molecule has 0 nitrogen and oxygen atoms in total. The predicted molar refractivity (Wildman–Crippen MR) is 254 cm³/mol. The molecule has 0 fully saturated rings. The predicted octanol–water partition coefficient (Wildman–Crippen LogP) is 11.6. The third-order valence-electron chi connectivity index (χ3n) is 9.71. The smallest absolute Gasteiger partial charge is 0 e. The molecule has 0 spiro atoms. The zero-order chi connectivity index (χ0) is 34.2. The van der Waals surface area contributed by atoms with Gasteiger partial charge in [0.05, 0.1) is 0 Å². The fraction of sp³-hybridized carbons (Fsp3) is 0.0833. The van der Waals surface area contributed by atoms with E-state index in [4.69, 9.17) is 0 Å². The first-order chi connectivity index (χ1) is 24.4. The Morgan fingerprint density at radius 2 is 0.566 bits per heavy atom. The minimum atomic E-state index is -0.885. The molecule has 0 bridgehead atoms. The second-order valence-electron chi connectivity index (χ2n) is 13.4. The van der Waals surface area contributed by atoms with Crippen molar-refractivity contribution in [3.05, 3.63) is 192 Å². The molecule has 0 N–H and O–H groups in total. The molecule has 0 saturated carbocycles. The third-order valence-corrected chi connectivity index (χ3v) is 14.7. The zero-order valence-corrected chi connectivity index (χ0v) is 38.4. The molecule has 266 valence electrons. The summed E-state index contributed by atoms with van der Waals surface area (Å²) in [5, 5.41) is 13.4. The van der Waals surface area contributed by atoms with Gasteiger partial charge in [-0.1, -0.05) is 192 Å². The summed E-state index contributed by atoms with van der Waals surface area (Å²) in [6, 6.07) is 64.6. The Hall–Kier alpha value is -2.78. The number of hydrogen-bond donors (Lipinski definition) is 0. The molecular weight excluding hydrogens is 993 g/mol. The molecule has 0 radical (unpaired) electrons. The van der Waals surface area contributed by atoms with Gasteiger partial charge in [-0.05, 0) is 108 Å². The minimum Gasteiger partial charge on any atom is -0.107 e. The summed E-state index contributed by atoms with van der Waals surface area (Å²) in [6.45, 7) is 8.72. The normalized spacial score (nSPS) is 10.9. The Labute approximate surface area is 364 Å². The van der Waals surface area contributed by atoms with Gasteiger partial charge in [-0.25, -0.2) is 0 Å². The molecular formula is C48H42I2P2Ru. The molecule has 0 atom stereocenters. The van der Waals surface area contributed by atoms with Crippen LogP contribution in [0.1, 0.15) is 22.3 Å². The maximum Gasteiger partial charge on any atom is 0 e. The number of fused-ring (bicyclic) bond motifs is 2. The first-order valence-electron chi connectivity index (χ1n) is 17.4. The Kier molecular flexibility index (Phi) is 14.2. The van der Waals surface area contributed by atoms with E-state index in [0.29, 0.717) is 0 Å². The second-order valence-corrected chi connectivity index (χ2v) is 17.7. The van der Waals surface area contributed by atoms with E-state index in [9.17, 15) is 0 Å². The molecule has 0 aliphatic heterocycles. The molecule has 0 saturated heterocycles. The van der Waals surface area contributed by atoms with Crippen LogP contribution in [0.15, 0.2) is 170 Å². The van der Waals surface area contributed by atoms with Crippen molar-refractivity contribution in [3.8, 4) is 11.1 Å². The molecule has 0 aliphatic rings. The first-order valence-corrected chi connectivity index (χ1v) is 20.0. The molecule has 0 aromatic heterocycles. The first kappa shape index (κ1) is 41.4.